The number of nitrogens with one attached hydrogen (secondary N) is 2. The maximum atomic E-state index is 12.5. The zero-order chi connectivity index (χ0) is 18.5. The number of benzene rings is 1. The minimum atomic E-state index is -0.145. The highest BCUT2D eigenvalue weighted by Crippen LogP contribution is 2.19. The molecule has 1 saturated heterocycles. The van der Waals surface area contributed by atoms with E-state index < -0.39 is 0 Å². The fourth-order valence-electron chi connectivity index (χ4n) is 3.68. The molecular formula is C21H25N5O. The van der Waals surface area contributed by atoms with Crippen LogP contribution in [0.5, 0.6) is 0 Å². The van der Waals surface area contributed by atoms with Crippen molar-refractivity contribution >= 4 is 22.6 Å². The number of para-hydroxylation sites is 1. The van der Waals surface area contributed by atoms with Gasteiger partial charge in [-0.1, -0.05) is 31.0 Å². The summed E-state index contributed by atoms with van der Waals surface area (Å²) in [5.74, 6) is 0.710. The van der Waals surface area contributed by atoms with Crippen molar-refractivity contribution in [1.82, 2.24) is 20.3 Å². The topological polar surface area (TPSA) is 73.9 Å². The number of H-pyrrole nitrogens is 1. The van der Waals surface area contributed by atoms with Crippen LogP contribution in [-0.4, -0.2) is 40.5 Å². The number of aromatic amines is 1. The summed E-state index contributed by atoms with van der Waals surface area (Å²) in [4.78, 5) is 26.6. The highest BCUT2D eigenvalue weighted by Gasteiger charge is 2.14. The predicted octanol–water partition coefficient (Wildman–Crippen LogP) is 3.31. The van der Waals surface area contributed by atoms with Crippen molar-refractivity contribution in [1.29, 1.82) is 0 Å². The van der Waals surface area contributed by atoms with E-state index in [0.29, 0.717) is 12.2 Å². The van der Waals surface area contributed by atoms with Crippen LogP contribution in [0.3, 0.4) is 0 Å². The third-order valence-electron chi connectivity index (χ3n) is 5.17. The average Bonchev–Trinajstić information content (AvgIpc) is 2.93. The van der Waals surface area contributed by atoms with Gasteiger partial charge in [0.1, 0.15) is 17.8 Å². The molecule has 0 unspecified atom stereocenters. The monoisotopic (exact) mass is 363 g/mol. The molecule has 0 radical (unpaired) electrons. The predicted molar refractivity (Wildman–Crippen MR) is 107 cm³/mol. The molecule has 0 saturated carbocycles. The molecule has 0 spiro atoms. The highest BCUT2D eigenvalue weighted by atomic mass is 16.1. The molecule has 1 fully saturated rings. The Balaban J connectivity index is 1.37. The second kappa shape index (κ2) is 8.20. The Kier molecular flexibility index (Phi) is 5.32. The second-order valence-corrected chi connectivity index (χ2v) is 7.03. The number of fused-ring (bicyclic) bond motifs is 1. The Bertz CT molecular complexity index is 912. The van der Waals surface area contributed by atoms with Gasteiger partial charge in [0.15, 0.2) is 0 Å². The van der Waals surface area contributed by atoms with E-state index in [-0.39, 0.29) is 5.91 Å². The number of rotatable bonds is 5. The number of anilines is 1. The van der Waals surface area contributed by atoms with Gasteiger partial charge in [0.25, 0.3) is 5.91 Å². The Morgan fingerprint density at radius 3 is 2.78 bits per heavy atom. The second-order valence-electron chi connectivity index (χ2n) is 7.03. The summed E-state index contributed by atoms with van der Waals surface area (Å²) < 4.78 is 0. The SMILES string of the molecule is O=C(NCCc1c[nH]c2ccccc12)c1cc(N2CCCCCC2)ncn1. The van der Waals surface area contributed by atoms with E-state index in [0.717, 1.165) is 30.8 Å². The van der Waals surface area contributed by atoms with Gasteiger partial charge in [0.05, 0.1) is 0 Å². The number of carbonyl (C=O) groups is 1. The number of amides is 1. The van der Waals surface area contributed by atoms with E-state index in [9.17, 15) is 4.79 Å². The molecule has 1 aliphatic rings. The Morgan fingerprint density at radius 1 is 1.11 bits per heavy atom. The van der Waals surface area contributed by atoms with E-state index in [1.165, 1.54) is 43.0 Å². The summed E-state index contributed by atoms with van der Waals surface area (Å²) in [5, 5.41) is 4.19. The van der Waals surface area contributed by atoms with Crippen LogP contribution in [0.2, 0.25) is 0 Å². The van der Waals surface area contributed by atoms with Crippen LogP contribution >= 0.6 is 0 Å². The zero-order valence-corrected chi connectivity index (χ0v) is 15.4. The van der Waals surface area contributed by atoms with Gasteiger partial charge in [0, 0.05) is 42.8 Å². The zero-order valence-electron chi connectivity index (χ0n) is 15.4. The molecule has 6 heteroatoms. The first kappa shape index (κ1) is 17.5. The lowest BCUT2D eigenvalue weighted by molar-refractivity contribution is 0.0949. The van der Waals surface area contributed by atoms with Crippen LogP contribution in [0.1, 0.15) is 41.7 Å². The van der Waals surface area contributed by atoms with Gasteiger partial charge in [-0.2, -0.15) is 0 Å². The van der Waals surface area contributed by atoms with E-state index in [4.69, 9.17) is 0 Å². The molecular weight excluding hydrogens is 338 g/mol. The summed E-state index contributed by atoms with van der Waals surface area (Å²) >= 11 is 0. The van der Waals surface area contributed by atoms with Gasteiger partial charge in [-0.15, -0.1) is 0 Å². The molecule has 0 bridgehead atoms. The van der Waals surface area contributed by atoms with Gasteiger partial charge in [-0.3, -0.25) is 4.79 Å². The van der Waals surface area contributed by atoms with E-state index >= 15 is 0 Å². The average molecular weight is 363 g/mol. The van der Waals surface area contributed by atoms with Crippen molar-refractivity contribution in [3.63, 3.8) is 0 Å². The van der Waals surface area contributed by atoms with Gasteiger partial charge in [0.2, 0.25) is 0 Å². The number of nitrogens with zero attached hydrogens (tertiary/aromatic N) is 3. The summed E-state index contributed by atoms with van der Waals surface area (Å²) in [6.45, 7) is 2.57. The van der Waals surface area contributed by atoms with Crippen molar-refractivity contribution in [2.24, 2.45) is 0 Å². The van der Waals surface area contributed by atoms with Crippen LogP contribution < -0.4 is 10.2 Å². The molecule has 1 aliphatic heterocycles. The molecule has 1 amide bonds. The smallest absolute Gasteiger partial charge is 0.270 e. The number of hydrogen-bond acceptors (Lipinski definition) is 4. The van der Waals surface area contributed by atoms with Crippen LogP contribution in [0.4, 0.5) is 5.82 Å². The van der Waals surface area contributed by atoms with Crippen molar-refractivity contribution < 1.29 is 4.79 Å². The van der Waals surface area contributed by atoms with Gasteiger partial charge in [-0.05, 0) is 30.9 Å². The molecule has 0 atom stereocenters. The number of hydrogen-bond donors (Lipinski definition) is 2. The molecule has 1 aromatic carbocycles. The number of aromatic nitrogens is 3. The normalized spacial score (nSPS) is 14.9. The van der Waals surface area contributed by atoms with Crippen LogP contribution in [0, 0.1) is 0 Å². The molecule has 2 aromatic heterocycles. The summed E-state index contributed by atoms with van der Waals surface area (Å²) in [6, 6.07) is 10.0. The van der Waals surface area contributed by atoms with Crippen molar-refractivity contribution in [2.45, 2.75) is 32.1 Å². The largest absolute Gasteiger partial charge is 0.361 e. The molecule has 140 valence electrons. The summed E-state index contributed by atoms with van der Waals surface area (Å²) in [6.07, 6.45) is 9.17. The first-order valence-corrected chi connectivity index (χ1v) is 9.71. The number of carbonyl (C=O) groups excluding carboxylic acids is 1. The molecule has 27 heavy (non-hydrogen) atoms. The third-order valence-corrected chi connectivity index (χ3v) is 5.17. The molecule has 3 heterocycles. The summed E-state index contributed by atoms with van der Waals surface area (Å²) in [7, 11) is 0. The molecule has 2 N–H and O–H groups in total. The lowest BCUT2D eigenvalue weighted by atomic mass is 10.1. The Labute approximate surface area is 159 Å². The maximum absolute atomic E-state index is 12.5. The van der Waals surface area contributed by atoms with Crippen molar-refractivity contribution in [2.75, 3.05) is 24.5 Å². The highest BCUT2D eigenvalue weighted by molar-refractivity contribution is 5.93. The van der Waals surface area contributed by atoms with E-state index in [2.05, 4.69) is 37.3 Å². The molecule has 0 aliphatic carbocycles. The molecule has 6 nitrogen and oxygen atoms in total. The van der Waals surface area contributed by atoms with Gasteiger partial charge >= 0.3 is 0 Å². The quantitative estimate of drug-likeness (QED) is 0.729. The first-order chi connectivity index (χ1) is 13.3. The first-order valence-electron chi connectivity index (χ1n) is 9.71. The fraction of sp³-hybridized carbons (Fsp3) is 0.381. The Hall–Kier alpha value is -2.89. The Morgan fingerprint density at radius 2 is 1.93 bits per heavy atom. The van der Waals surface area contributed by atoms with Crippen molar-refractivity contribution in [3.8, 4) is 0 Å². The van der Waals surface area contributed by atoms with Gasteiger partial charge < -0.3 is 15.2 Å². The van der Waals surface area contributed by atoms with Crippen LogP contribution in [-0.2, 0) is 6.42 Å². The minimum Gasteiger partial charge on any atom is -0.361 e. The molecule has 4 rings (SSSR count). The van der Waals surface area contributed by atoms with Crippen LogP contribution in [0.15, 0.2) is 42.9 Å². The third kappa shape index (κ3) is 4.10. The minimum absolute atomic E-state index is 0.145. The van der Waals surface area contributed by atoms with Gasteiger partial charge in [-0.25, -0.2) is 9.97 Å². The van der Waals surface area contributed by atoms with Crippen LogP contribution in [0.25, 0.3) is 10.9 Å². The fourth-order valence-corrected chi connectivity index (χ4v) is 3.68. The summed E-state index contributed by atoms with van der Waals surface area (Å²) in [5.41, 5.74) is 2.76. The van der Waals surface area contributed by atoms with E-state index in [1.807, 2.05) is 24.4 Å². The lowest BCUT2D eigenvalue weighted by Gasteiger charge is -2.21. The lowest BCUT2D eigenvalue weighted by Crippen LogP contribution is -2.28. The van der Waals surface area contributed by atoms with Crippen molar-refractivity contribution in [3.05, 3.63) is 54.1 Å². The van der Waals surface area contributed by atoms with E-state index in [1.54, 1.807) is 0 Å². The molecule has 3 aromatic rings. The maximum Gasteiger partial charge on any atom is 0.270 e. The standard InChI is InChI=1S/C21H25N5O/c27-21(22-10-9-16-14-23-18-8-4-3-7-17(16)18)19-13-20(25-15-24-19)26-11-5-1-2-6-12-26/h3-4,7-8,13-15,23H,1-2,5-6,9-12H2,(H,22,27).